The summed E-state index contributed by atoms with van der Waals surface area (Å²) >= 11 is 6.08. The van der Waals surface area contributed by atoms with Gasteiger partial charge in [-0.15, -0.1) is 0 Å². The Morgan fingerprint density at radius 2 is 1.92 bits per heavy atom. The van der Waals surface area contributed by atoms with Crippen LogP contribution in [0.5, 0.6) is 0 Å². The summed E-state index contributed by atoms with van der Waals surface area (Å²) in [5, 5.41) is 3.59. The number of carbonyl (C=O) groups is 1. The molecule has 0 fully saturated rings. The second-order valence-corrected chi connectivity index (χ2v) is 6.18. The van der Waals surface area contributed by atoms with Crippen molar-refractivity contribution >= 4 is 28.5 Å². The van der Waals surface area contributed by atoms with Crippen LogP contribution in [0.15, 0.2) is 48.5 Å². The van der Waals surface area contributed by atoms with E-state index >= 15 is 0 Å². The van der Waals surface area contributed by atoms with Gasteiger partial charge in [0.1, 0.15) is 5.82 Å². The van der Waals surface area contributed by atoms with Crippen molar-refractivity contribution in [3.63, 3.8) is 0 Å². The number of nitrogens with one attached hydrogen (secondary N) is 1. The van der Waals surface area contributed by atoms with E-state index < -0.39 is 0 Å². The van der Waals surface area contributed by atoms with E-state index in [9.17, 15) is 4.79 Å². The SMILES string of the molecule is Cc1nc2ccccc2n1CCCNC(=O)Cc1ccccc1Cl. The lowest BCUT2D eigenvalue weighted by Gasteiger charge is -2.09. The summed E-state index contributed by atoms with van der Waals surface area (Å²) in [6.07, 6.45) is 1.17. The van der Waals surface area contributed by atoms with Crippen molar-refractivity contribution in [1.82, 2.24) is 14.9 Å². The average Bonchev–Trinajstić information content (AvgIpc) is 2.89. The van der Waals surface area contributed by atoms with Gasteiger partial charge in [0.25, 0.3) is 0 Å². The Morgan fingerprint density at radius 3 is 2.75 bits per heavy atom. The van der Waals surface area contributed by atoms with E-state index in [-0.39, 0.29) is 5.91 Å². The number of para-hydroxylation sites is 2. The van der Waals surface area contributed by atoms with Crippen LogP contribution in [0.2, 0.25) is 5.02 Å². The lowest BCUT2D eigenvalue weighted by atomic mass is 10.1. The number of aryl methyl sites for hydroxylation is 2. The van der Waals surface area contributed by atoms with Gasteiger partial charge in [-0.2, -0.15) is 0 Å². The Balaban J connectivity index is 1.51. The number of nitrogens with zero attached hydrogens (tertiary/aromatic N) is 2. The zero-order valence-corrected chi connectivity index (χ0v) is 14.4. The molecule has 0 saturated heterocycles. The van der Waals surface area contributed by atoms with Crippen molar-refractivity contribution < 1.29 is 4.79 Å². The fraction of sp³-hybridized carbons (Fsp3) is 0.263. The third kappa shape index (κ3) is 3.77. The van der Waals surface area contributed by atoms with Crippen LogP contribution >= 0.6 is 11.6 Å². The second kappa shape index (κ2) is 7.49. The van der Waals surface area contributed by atoms with Gasteiger partial charge in [0.05, 0.1) is 17.5 Å². The number of carbonyl (C=O) groups excluding carboxylic acids is 1. The first-order chi connectivity index (χ1) is 11.6. The van der Waals surface area contributed by atoms with E-state index in [4.69, 9.17) is 11.6 Å². The molecule has 24 heavy (non-hydrogen) atoms. The highest BCUT2D eigenvalue weighted by molar-refractivity contribution is 6.31. The molecular formula is C19H20ClN3O. The zero-order chi connectivity index (χ0) is 16.9. The lowest BCUT2D eigenvalue weighted by molar-refractivity contribution is -0.120. The Labute approximate surface area is 146 Å². The van der Waals surface area contributed by atoms with Gasteiger partial charge in [-0.05, 0) is 37.1 Å². The van der Waals surface area contributed by atoms with E-state index in [2.05, 4.69) is 20.9 Å². The molecule has 0 unspecified atom stereocenters. The van der Waals surface area contributed by atoms with Crippen molar-refractivity contribution in [2.45, 2.75) is 26.3 Å². The number of aromatic nitrogens is 2. The standard InChI is InChI=1S/C19H20ClN3O/c1-14-22-17-9-4-5-10-18(17)23(14)12-6-11-21-19(24)13-15-7-2-3-8-16(15)20/h2-5,7-10H,6,11-13H2,1H3,(H,21,24). The van der Waals surface area contributed by atoms with Crippen LogP contribution in [-0.2, 0) is 17.8 Å². The highest BCUT2D eigenvalue weighted by Crippen LogP contribution is 2.16. The molecule has 4 nitrogen and oxygen atoms in total. The average molecular weight is 342 g/mol. The first-order valence-corrected chi connectivity index (χ1v) is 8.45. The fourth-order valence-electron chi connectivity index (χ4n) is 2.82. The van der Waals surface area contributed by atoms with Gasteiger partial charge >= 0.3 is 0 Å². The largest absolute Gasteiger partial charge is 0.356 e. The van der Waals surface area contributed by atoms with E-state index in [0.717, 1.165) is 35.4 Å². The van der Waals surface area contributed by atoms with Crippen LogP contribution in [0, 0.1) is 6.92 Å². The summed E-state index contributed by atoms with van der Waals surface area (Å²) in [4.78, 5) is 16.6. The molecular weight excluding hydrogens is 322 g/mol. The summed E-state index contributed by atoms with van der Waals surface area (Å²) in [5.41, 5.74) is 3.00. The highest BCUT2D eigenvalue weighted by Gasteiger charge is 2.08. The van der Waals surface area contributed by atoms with E-state index in [1.165, 1.54) is 0 Å². The van der Waals surface area contributed by atoms with Crippen LogP contribution in [0.4, 0.5) is 0 Å². The number of benzene rings is 2. The summed E-state index contributed by atoms with van der Waals surface area (Å²) in [5.74, 6) is 0.994. The predicted molar refractivity (Wildman–Crippen MR) is 97.3 cm³/mol. The topological polar surface area (TPSA) is 46.9 Å². The lowest BCUT2D eigenvalue weighted by Crippen LogP contribution is -2.27. The minimum Gasteiger partial charge on any atom is -0.356 e. The van der Waals surface area contributed by atoms with Crippen LogP contribution in [0.1, 0.15) is 17.8 Å². The van der Waals surface area contributed by atoms with Crippen LogP contribution in [0.25, 0.3) is 11.0 Å². The molecule has 124 valence electrons. The minimum atomic E-state index is -0.00434. The molecule has 0 saturated carbocycles. The third-order valence-corrected chi connectivity index (χ3v) is 4.40. The van der Waals surface area contributed by atoms with Gasteiger partial charge in [0, 0.05) is 18.1 Å². The van der Waals surface area contributed by atoms with Gasteiger partial charge in [-0.25, -0.2) is 4.98 Å². The quantitative estimate of drug-likeness (QED) is 0.694. The number of rotatable bonds is 6. The van der Waals surface area contributed by atoms with Gasteiger partial charge in [-0.1, -0.05) is 41.9 Å². The molecule has 0 radical (unpaired) electrons. The summed E-state index contributed by atoms with van der Waals surface area (Å²) < 4.78 is 2.19. The highest BCUT2D eigenvalue weighted by atomic mass is 35.5. The van der Waals surface area contributed by atoms with Gasteiger partial charge in [0.15, 0.2) is 0 Å². The van der Waals surface area contributed by atoms with Crippen LogP contribution in [-0.4, -0.2) is 22.0 Å². The summed E-state index contributed by atoms with van der Waals surface area (Å²) in [6.45, 7) is 3.48. The molecule has 1 amide bonds. The van der Waals surface area contributed by atoms with Crippen LogP contribution in [0.3, 0.4) is 0 Å². The number of hydrogen-bond donors (Lipinski definition) is 1. The molecule has 1 heterocycles. The smallest absolute Gasteiger partial charge is 0.224 e. The first-order valence-electron chi connectivity index (χ1n) is 8.07. The van der Waals surface area contributed by atoms with Crippen molar-refractivity contribution in [2.75, 3.05) is 6.54 Å². The summed E-state index contributed by atoms with van der Waals surface area (Å²) in [6, 6.07) is 15.5. The molecule has 0 aliphatic heterocycles. The molecule has 0 spiro atoms. The molecule has 2 aromatic carbocycles. The van der Waals surface area contributed by atoms with E-state index in [1.807, 2.05) is 43.3 Å². The number of imidazole rings is 1. The van der Waals surface area contributed by atoms with Crippen molar-refractivity contribution in [3.05, 3.63) is 64.9 Å². The number of amides is 1. The molecule has 0 aliphatic rings. The van der Waals surface area contributed by atoms with Crippen molar-refractivity contribution in [2.24, 2.45) is 0 Å². The summed E-state index contributed by atoms with van der Waals surface area (Å²) in [7, 11) is 0. The Morgan fingerprint density at radius 1 is 1.17 bits per heavy atom. The molecule has 3 aromatic rings. The maximum absolute atomic E-state index is 12.0. The number of halogens is 1. The second-order valence-electron chi connectivity index (χ2n) is 5.77. The monoisotopic (exact) mass is 341 g/mol. The van der Waals surface area contributed by atoms with Crippen LogP contribution < -0.4 is 5.32 Å². The molecule has 0 atom stereocenters. The third-order valence-electron chi connectivity index (χ3n) is 4.03. The molecule has 1 aromatic heterocycles. The predicted octanol–water partition coefficient (Wildman–Crippen LogP) is 3.75. The van der Waals surface area contributed by atoms with Gasteiger partial charge < -0.3 is 9.88 Å². The Kier molecular flexibility index (Phi) is 5.16. The van der Waals surface area contributed by atoms with Crippen molar-refractivity contribution in [1.29, 1.82) is 0 Å². The number of hydrogen-bond acceptors (Lipinski definition) is 2. The Bertz CT molecular complexity index is 857. The molecule has 0 bridgehead atoms. The van der Waals surface area contributed by atoms with Gasteiger partial charge in [0.2, 0.25) is 5.91 Å². The molecule has 1 N–H and O–H groups in total. The molecule has 5 heteroatoms. The first kappa shape index (κ1) is 16.5. The Hall–Kier alpha value is -2.33. The number of fused-ring (bicyclic) bond motifs is 1. The maximum Gasteiger partial charge on any atom is 0.224 e. The fourth-order valence-corrected chi connectivity index (χ4v) is 3.02. The molecule has 3 rings (SSSR count). The van der Waals surface area contributed by atoms with Crippen molar-refractivity contribution in [3.8, 4) is 0 Å². The zero-order valence-electron chi connectivity index (χ0n) is 13.6. The minimum absolute atomic E-state index is 0.00434. The maximum atomic E-state index is 12.0. The van der Waals surface area contributed by atoms with E-state index in [1.54, 1.807) is 6.07 Å². The van der Waals surface area contributed by atoms with Gasteiger partial charge in [-0.3, -0.25) is 4.79 Å². The van der Waals surface area contributed by atoms with E-state index in [0.29, 0.717) is 18.0 Å². The normalized spacial score (nSPS) is 10.9. The molecule has 0 aliphatic carbocycles.